The number of hydrogen-bond acceptors (Lipinski definition) is 2. The summed E-state index contributed by atoms with van der Waals surface area (Å²) >= 11 is 0. The van der Waals surface area contributed by atoms with Gasteiger partial charge in [0.15, 0.2) is 0 Å². The van der Waals surface area contributed by atoms with Crippen LogP contribution in [-0.2, 0) is 9.53 Å². The van der Waals surface area contributed by atoms with E-state index in [9.17, 15) is 4.79 Å². The molecule has 0 spiro atoms. The fourth-order valence-corrected chi connectivity index (χ4v) is 1.22. The third-order valence-electron chi connectivity index (χ3n) is 1.95. The molecular weight excluding hydrogens is 180 g/mol. The molecule has 3 heteroatoms. The van der Waals surface area contributed by atoms with Crippen molar-refractivity contribution in [3.05, 3.63) is 41.7 Å². The quantitative estimate of drug-likeness (QED) is 0.589. The van der Waals surface area contributed by atoms with E-state index >= 15 is 0 Å². The standard InChI is InChI=1S/C11H12O3/c1-8(10(14-2)11(12)13)9-6-4-3-5-7-9/h3-7H,1-2H3,(H,12,13)/b10-8+. The highest BCUT2D eigenvalue weighted by atomic mass is 16.5. The van der Waals surface area contributed by atoms with Crippen molar-refractivity contribution < 1.29 is 14.6 Å². The second-order valence-corrected chi connectivity index (χ2v) is 2.83. The lowest BCUT2D eigenvalue weighted by molar-refractivity contribution is -0.135. The predicted molar refractivity (Wildman–Crippen MR) is 53.7 cm³/mol. The first kappa shape index (κ1) is 10.3. The molecule has 0 heterocycles. The number of carboxylic acid groups (broad SMARTS) is 1. The van der Waals surface area contributed by atoms with E-state index in [0.29, 0.717) is 5.57 Å². The Morgan fingerprint density at radius 3 is 2.29 bits per heavy atom. The van der Waals surface area contributed by atoms with Crippen LogP contribution in [0.1, 0.15) is 12.5 Å². The minimum Gasteiger partial charge on any atom is -0.490 e. The predicted octanol–water partition coefficient (Wildman–Crippen LogP) is 2.15. The lowest BCUT2D eigenvalue weighted by Crippen LogP contribution is -2.04. The average Bonchev–Trinajstić information content (AvgIpc) is 2.19. The number of methoxy groups -OCH3 is 1. The molecule has 1 N–H and O–H groups in total. The summed E-state index contributed by atoms with van der Waals surface area (Å²) in [6.07, 6.45) is 0. The summed E-state index contributed by atoms with van der Waals surface area (Å²) in [7, 11) is 1.36. The van der Waals surface area contributed by atoms with E-state index < -0.39 is 5.97 Å². The summed E-state index contributed by atoms with van der Waals surface area (Å²) in [5.41, 5.74) is 1.48. The van der Waals surface area contributed by atoms with E-state index in [2.05, 4.69) is 0 Å². The SMILES string of the molecule is CO/C(C(=O)O)=C(\C)c1ccccc1. The first-order valence-electron chi connectivity index (χ1n) is 4.20. The van der Waals surface area contributed by atoms with Crippen molar-refractivity contribution in [2.75, 3.05) is 7.11 Å². The van der Waals surface area contributed by atoms with E-state index in [1.54, 1.807) is 6.92 Å². The molecule has 0 fully saturated rings. The Morgan fingerprint density at radius 1 is 1.29 bits per heavy atom. The Morgan fingerprint density at radius 2 is 1.86 bits per heavy atom. The number of benzene rings is 1. The van der Waals surface area contributed by atoms with Crippen molar-refractivity contribution >= 4 is 11.5 Å². The van der Waals surface area contributed by atoms with Crippen molar-refractivity contribution in [2.24, 2.45) is 0 Å². The van der Waals surface area contributed by atoms with Gasteiger partial charge < -0.3 is 9.84 Å². The Balaban J connectivity index is 3.15. The number of carboxylic acids is 1. The van der Waals surface area contributed by atoms with Crippen LogP contribution < -0.4 is 0 Å². The van der Waals surface area contributed by atoms with Crippen molar-refractivity contribution in [3.63, 3.8) is 0 Å². The highest BCUT2D eigenvalue weighted by Crippen LogP contribution is 2.18. The fourth-order valence-electron chi connectivity index (χ4n) is 1.22. The largest absolute Gasteiger partial charge is 0.490 e. The molecule has 0 amide bonds. The average molecular weight is 192 g/mol. The molecule has 0 aliphatic rings. The zero-order valence-electron chi connectivity index (χ0n) is 8.15. The molecule has 0 aromatic heterocycles. The molecule has 0 saturated carbocycles. The second kappa shape index (κ2) is 4.46. The Labute approximate surface area is 82.6 Å². The number of allylic oxidation sites excluding steroid dienone is 1. The van der Waals surface area contributed by atoms with E-state index in [4.69, 9.17) is 9.84 Å². The lowest BCUT2D eigenvalue weighted by atomic mass is 10.1. The Bertz CT molecular complexity index is 352. The Kier molecular flexibility index (Phi) is 3.29. The third kappa shape index (κ3) is 2.13. The Hall–Kier alpha value is -1.77. The molecule has 14 heavy (non-hydrogen) atoms. The molecule has 3 nitrogen and oxygen atoms in total. The van der Waals surface area contributed by atoms with E-state index in [1.165, 1.54) is 7.11 Å². The molecule has 74 valence electrons. The summed E-state index contributed by atoms with van der Waals surface area (Å²) < 4.78 is 4.81. The number of ether oxygens (including phenoxy) is 1. The highest BCUT2D eigenvalue weighted by molar-refractivity contribution is 5.93. The normalized spacial score (nSPS) is 11.9. The first-order chi connectivity index (χ1) is 6.66. The molecule has 0 aliphatic heterocycles. The van der Waals surface area contributed by atoms with Gasteiger partial charge >= 0.3 is 5.97 Å². The molecule has 0 unspecified atom stereocenters. The zero-order chi connectivity index (χ0) is 10.6. The van der Waals surface area contributed by atoms with Crippen LogP contribution in [-0.4, -0.2) is 18.2 Å². The van der Waals surface area contributed by atoms with Gasteiger partial charge in [0.05, 0.1) is 7.11 Å². The monoisotopic (exact) mass is 192 g/mol. The summed E-state index contributed by atoms with van der Waals surface area (Å²) in [4.78, 5) is 10.8. The maximum absolute atomic E-state index is 10.8. The molecule has 1 aromatic rings. The van der Waals surface area contributed by atoms with Gasteiger partial charge in [-0.3, -0.25) is 0 Å². The highest BCUT2D eigenvalue weighted by Gasteiger charge is 2.12. The molecule has 0 aliphatic carbocycles. The number of carbonyl (C=O) groups is 1. The molecule has 0 atom stereocenters. The van der Waals surface area contributed by atoms with Crippen molar-refractivity contribution in [2.45, 2.75) is 6.92 Å². The minimum atomic E-state index is -1.05. The van der Waals surface area contributed by atoms with Crippen LogP contribution in [0.3, 0.4) is 0 Å². The van der Waals surface area contributed by atoms with Gasteiger partial charge in [-0.15, -0.1) is 0 Å². The second-order valence-electron chi connectivity index (χ2n) is 2.83. The summed E-state index contributed by atoms with van der Waals surface area (Å²) in [5.74, 6) is -1.06. The number of aliphatic carboxylic acids is 1. The van der Waals surface area contributed by atoms with Crippen LogP contribution in [0.25, 0.3) is 5.57 Å². The van der Waals surface area contributed by atoms with E-state index in [-0.39, 0.29) is 5.76 Å². The first-order valence-corrected chi connectivity index (χ1v) is 4.20. The van der Waals surface area contributed by atoms with Gasteiger partial charge in [0.1, 0.15) is 0 Å². The van der Waals surface area contributed by atoms with Crippen molar-refractivity contribution in [1.82, 2.24) is 0 Å². The topological polar surface area (TPSA) is 46.5 Å². The number of rotatable bonds is 3. The van der Waals surface area contributed by atoms with Gasteiger partial charge in [-0.1, -0.05) is 30.3 Å². The van der Waals surface area contributed by atoms with Gasteiger partial charge in [-0.25, -0.2) is 4.79 Å². The lowest BCUT2D eigenvalue weighted by Gasteiger charge is -2.06. The molecule has 0 radical (unpaired) electrons. The van der Waals surface area contributed by atoms with Crippen LogP contribution in [0.2, 0.25) is 0 Å². The summed E-state index contributed by atoms with van der Waals surface area (Å²) in [6, 6.07) is 9.28. The van der Waals surface area contributed by atoms with E-state index in [0.717, 1.165) is 5.56 Å². The van der Waals surface area contributed by atoms with Gasteiger partial charge in [0.25, 0.3) is 0 Å². The molecular formula is C11H12O3. The molecule has 0 saturated heterocycles. The molecule has 1 rings (SSSR count). The van der Waals surface area contributed by atoms with Gasteiger partial charge in [-0.05, 0) is 12.5 Å². The van der Waals surface area contributed by atoms with Gasteiger partial charge in [0, 0.05) is 5.57 Å². The van der Waals surface area contributed by atoms with Crippen molar-refractivity contribution in [3.8, 4) is 0 Å². The zero-order valence-corrected chi connectivity index (χ0v) is 8.15. The minimum absolute atomic E-state index is 0.0174. The third-order valence-corrected chi connectivity index (χ3v) is 1.95. The van der Waals surface area contributed by atoms with Gasteiger partial charge in [0.2, 0.25) is 5.76 Å². The van der Waals surface area contributed by atoms with Crippen LogP contribution in [0, 0.1) is 0 Å². The maximum atomic E-state index is 10.8. The smallest absolute Gasteiger partial charge is 0.371 e. The van der Waals surface area contributed by atoms with E-state index in [1.807, 2.05) is 30.3 Å². The van der Waals surface area contributed by atoms with Crippen molar-refractivity contribution in [1.29, 1.82) is 0 Å². The summed E-state index contributed by atoms with van der Waals surface area (Å²) in [6.45, 7) is 1.72. The maximum Gasteiger partial charge on any atom is 0.371 e. The van der Waals surface area contributed by atoms with Crippen LogP contribution in [0.4, 0.5) is 0 Å². The van der Waals surface area contributed by atoms with Crippen LogP contribution in [0.15, 0.2) is 36.1 Å². The van der Waals surface area contributed by atoms with Gasteiger partial charge in [-0.2, -0.15) is 0 Å². The van der Waals surface area contributed by atoms with Crippen LogP contribution in [0.5, 0.6) is 0 Å². The molecule has 0 bridgehead atoms. The fraction of sp³-hybridized carbons (Fsp3) is 0.182. The number of hydrogen-bond donors (Lipinski definition) is 1. The summed E-state index contributed by atoms with van der Waals surface area (Å²) in [5, 5.41) is 8.82. The molecule has 1 aromatic carbocycles. The van der Waals surface area contributed by atoms with Crippen LogP contribution >= 0.6 is 0 Å².